The lowest BCUT2D eigenvalue weighted by Gasteiger charge is -2.25. The molecule has 2 aliphatic rings. The number of amides is 1. The Labute approximate surface area is 179 Å². The highest BCUT2D eigenvalue weighted by atomic mass is 32.1. The average molecular weight is 420 g/mol. The number of thiazole rings is 1. The molecule has 30 heavy (non-hydrogen) atoms. The zero-order valence-corrected chi connectivity index (χ0v) is 17.9. The summed E-state index contributed by atoms with van der Waals surface area (Å²) in [5.74, 6) is 1.59. The van der Waals surface area contributed by atoms with Crippen LogP contribution in [0.5, 0.6) is 0 Å². The summed E-state index contributed by atoms with van der Waals surface area (Å²) in [6.45, 7) is 7.99. The van der Waals surface area contributed by atoms with Gasteiger partial charge in [-0.2, -0.15) is 0 Å². The van der Waals surface area contributed by atoms with E-state index >= 15 is 0 Å². The molecule has 1 aliphatic carbocycles. The van der Waals surface area contributed by atoms with Crippen LogP contribution in [0.3, 0.4) is 0 Å². The minimum absolute atomic E-state index is 0.0199. The molecule has 0 radical (unpaired) electrons. The minimum atomic E-state index is -0.0199. The van der Waals surface area contributed by atoms with Gasteiger partial charge in [-0.3, -0.25) is 4.79 Å². The van der Waals surface area contributed by atoms with Crippen LogP contribution in [-0.2, 0) is 11.3 Å². The first-order valence-corrected chi connectivity index (χ1v) is 11.2. The maximum Gasteiger partial charge on any atom is 0.246 e. The number of carbonyl (C=O) groups is 1. The first kappa shape index (κ1) is 19.1. The molecule has 0 atom stereocenters. The van der Waals surface area contributed by atoms with Crippen LogP contribution in [0.1, 0.15) is 29.8 Å². The lowest BCUT2D eigenvalue weighted by Crippen LogP contribution is -2.33. The standard InChI is InChI=1S/C23H25N5OS/c1-3-21(29)27-9-6-17(7-10-27)22-18-8-11-28(14-16-4-5-16)19(18)12-20(25-22)26-23-24-13-15(2)30-23/h3,6,8,11-13,16H,1,4-5,7,9-10,14H2,2H3,(H,24,25,26). The molecule has 0 aromatic carbocycles. The summed E-state index contributed by atoms with van der Waals surface area (Å²) >= 11 is 1.63. The van der Waals surface area contributed by atoms with Crippen LogP contribution < -0.4 is 5.32 Å². The number of hydrogen-bond acceptors (Lipinski definition) is 5. The van der Waals surface area contributed by atoms with E-state index in [4.69, 9.17) is 4.98 Å². The van der Waals surface area contributed by atoms with Gasteiger partial charge in [0.25, 0.3) is 0 Å². The number of aryl methyl sites for hydroxylation is 1. The highest BCUT2D eigenvalue weighted by molar-refractivity contribution is 7.15. The van der Waals surface area contributed by atoms with Crippen molar-refractivity contribution in [3.63, 3.8) is 0 Å². The van der Waals surface area contributed by atoms with E-state index < -0.39 is 0 Å². The molecule has 0 bridgehead atoms. The summed E-state index contributed by atoms with van der Waals surface area (Å²) in [5.41, 5.74) is 3.40. The molecule has 1 amide bonds. The SMILES string of the molecule is C=CC(=O)N1CC=C(c2nc(Nc3ncc(C)s3)cc3c2ccn3CC2CC2)CC1. The van der Waals surface area contributed by atoms with Crippen molar-refractivity contribution >= 4 is 44.7 Å². The number of pyridine rings is 1. The molecule has 1 saturated carbocycles. The first-order valence-electron chi connectivity index (χ1n) is 10.4. The lowest BCUT2D eigenvalue weighted by molar-refractivity contribution is -0.125. The third kappa shape index (κ3) is 3.77. The summed E-state index contributed by atoms with van der Waals surface area (Å²) < 4.78 is 2.35. The number of hydrogen-bond donors (Lipinski definition) is 1. The van der Waals surface area contributed by atoms with E-state index in [1.165, 1.54) is 35.4 Å². The molecule has 1 N–H and O–H groups in total. The van der Waals surface area contributed by atoms with E-state index in [9.17, 15) is 4.79 Å². The quantitative estimate of drug-likeness (QED) is 0.585. The second-order valence-corrected chi connectivity index (χ2v) is 9.30. The molecule has 1 aliphatic heterocycles. The number of carbonyl (C=O) groups excluding carboxylic acids is 1. The Morgan fingerprint density at radius 2 is 2.30 bits per heavy atom. The van der Waals surface area contributed by atoms with E-state index in [1.807, 2.05) is 11.1 Å². The normalized spacial score (nSPS) is 16.6. The van der Waals surface area contributed by atoms with Gasteiger partial charge in [0.05, 0.1) is 11.2 Å². The lowest BCUT2D eigenvalue weighted by atomic mass is 10.0. The van der Waals surface area contributed by atoms with Crippen molar-refractivity contribution in [3.8, 4) is 0 Å². The summed E-state index contributed by atoms with van der Waals surface area (Å²) in [6.07, 6.45) is 11.0. The fourth-order valence-electron chi connectivity index (χ4n) is 3.97. The van der Waals surface area contributed by atoms with Gasteiger partial charge in [0, 0.05) is 48.4 Å². The van der Waals surface area contributed by atoms with Gasteiger partial charge in [0.15, 0.2) is 5.13 Å². The zero-order chi connectivity index (χ0) is 20.7. The van der Waals surface area contributed by atoms with E-state index in [0.29, 0.717) is 13.1 Å². The fraction of sp³-hybridized carbons (Fsp3) is 0.348. The highest BCUT2D eigenvalue weighted by Crippen LogP contribution is 2.35. The topological polar surface area (TPSA) is 63.1 Å². The predicted molar refractivity (Wildman–Crippen MR) is 122 cm³/mol. The van der Waals surface area contributed by atoms with Gasteiger partial charge >= 0.3 is 0 Å². The van der Waals surface area contributed by atoms with Gasteiger partial charge in [0.1, 0.15) is 5.82 Å². The maximum absolute atomic E-state index is 11.9. The van der Waals surface area contributed by atoms with Crippen LogP contribution in [0.15, 0.2) is 43.3 Å². The molecule has 154 valence electrons. The molecule has 5 rings (SSSR count). The van der Waals surface area contributed by atoms with Crippen molar-refractivity contribution in [1.82, 2.24) is 19.4 Å². The van der Waals surface area contributed by atoms with Crippen molar-refractivity contribution in [2.75, 3.05) is 18.4 Å². The van der Waals surface area contributed by atoms with Gasteiger partial charge in [-0.25, -0.2) is 9.97 Å². The van der Waals surface area contributed by atoms with E-state index in [1.54, 1.807) is 11.3 Å². The van der Waals surface area contributed by atoms with Gasteiger partial charge < -0.3 is 14.8 Å². The van der Waals surface area contributed by atoms with Crippen LogP contribution in [0.2, 0.25) is 0 Å². The van der Waals surface area contributed by atoms with E-state index in [0.717, 1.165) is 40.4 Å². The Hall–Kier alpha value is -2.93. The van der Waals surface area contributed by atoms with Crippen molar-refractivity contribution in [1.29, 1.82) is 0 Å². The second-order valence-electron chi connectivity index (χ2n) is 8.07. The third-order valence-corrected chi connectivity index (χ3v) is 6.60. The third-order valence-electron chi connectivity index (χ3n) is 5.78. The smallest absolute Gasteiger partial charge is 0.246 e. The average Bonchev–Trinajstić information content (AvgIpc) is 3.36. The van der Waals surface area contributed by atoms with Gasteiger partial charge in [-0.15, -0.1) is 11.3 Å². The second kappa shape index (κ2) is 7.72. The molecule has 6 nitrogen and oxygen atoms in total. The Bertz CT molecular complexity index is 1150. The molecule has 1 fully saturated rings. The van der Waals surface area contributed by atoms with Crippen molar-refractivity contribution in [2.24, 2.45) is 5.92 Å². The van der Waals surface area contributed by atoms with Crippen molar-refractivity contribution in [2.45, 2.75) is 32.7 Å². The van der Waals surface area contributed by atoms with E-state index in [-0.39, 0.29) is 5.91 Å². The molecular weight excluding hydrogens is 394 g/mol. The largest absolute Gasteiger partial charge is 0.347 e. The number of nitrogens with zero attached hydrogens (tertiary/aromatic N) is 4. The van der Waals surface area contributed by atoms with Crippen molar-refractivity contribution in [3.05, 3.63) is 53.8 Å². The molecule has 0 spiro atoms. The Kier molecular flexibility index (Phi) is 4.90. The van der Waals surface area contributed by atoms with Gasteiger partial charge in [0.2, 0.25) is 5.91 Å². The number of nitrogens with one attached hydrogen (secondary N) is 1. The van der Waals surface area contributed by atoms with E-state index in [2.05, 4.69) is 52.8 Å². The molecule has 0 saturated heterocycles. The minimum Gasteiger partial charge on any atom is -0.347 e. The molecule has 7 heteroatoms. The molecule has 4 heterocycles. The molecule has 3 aromatic rings. The Morgan fingerprint density at radius 1 is 1.43 bits per heavy atom. The monoisotopic (exact) mass is 419 g/mol. The summed E-state index contributed by atoms with van der Waals surface area (Å²) in [6, 6.07) is 4.31. The zero-order valence-electron chi connectivity index (χ0n) is 17.1. The maximum atomic E-state index is 11.9. The summed E-state index contributed by atoms with van der Waals surface area (Å²) in [7, 11) is 0. The van der Waals surface area contributed by atoms with Crippen LogP contribution >= 0.6 is 11.3 Å². The molecule has 0 unspecified atom stereocenters. The van der Waals surface area contributed by atoms with Crippen molar-refractivity contribution < 1.29 is 4.79 Å². The fourth-order valence-corrected chi connectivity index (χ4v) is 4.64. The molecule has 3 aromatic heterocycles. The Morgan fingerprint density at radius 3 is 2.97 bits per heavy atom. The molecular formula is C23H25N5OS. The predicted octanol–water partition coefficient (Wildman–Crippen LogP) is 4.76. The summed E-state index contributed by atoms with van der Waals surface area (Å²) in [5, 5.41) is 5.42. The van der Waals surface area contributed by atoms with Crippen LogP contribution in [0.25, 0.3) is 16.5 Å². The van der Waals surface area contributed by atoms with Crippen LogP contribution in [-0.4, -0.2) is 38.4 Å². The Balaban J connectivity index is 1.53. The van der Waals surface area contributed by atoms with Crippen LogP contribution in [0, 0.1) is 12.8 Å². The highest BCUT2D eigenvalue weighted by Gasteiger charge is 2.24. The number of anilines is 2. The summed E-state index contributed by atoms with van der Waals surface area (Å²) in [4.78, 5) is 24.3. The number of rotatable bonds is 6. The number of fused-ring (bicyclic) bond motifs is 1. The van der Waals surface area contributed by atoms with Gasteiger partial charge in [-0.1, -0.05) is 12.7 Å². The number of aromatic nitrogens is 3. The van der Waals surface area contributed by atoms with Gasteiger partial charge in [-0.05, 0) is 49.8 Å². The first-order chi connectivity index (χ1) is 14.6. The van der Waals surface area contributed by atoms with Crippen LogP contribution in [0.4, 0.5) is 10.9 Å².